The number of nitrogens with two attached hydrogens (primary N) is 3. The molecule has 11 amide bonds. The van der Waals surface area contributed by atoms with Crippen LogP contribution < -0.4 is 70.4 Å². The summed E-state index contributed by atoms with van der Waals surface area (Å²) in [5, 5.41) is 84.2. The number of hydrogen-bond acceptors (Lipinski definition) is 19. The number of guanidine groups is 1. The van der Waals surface area contributed by atoms with E-state index in [2.05, 4.69) is 58.2 Å². The molecule has 2 aliphatic heterocycles. The van der Waals surface area contributed by atoms with Crippen molar-refractivity contribution in [2.75, 3.05) is 32.8 Å². The lowest BCUT2D eigenvalue weighted by atomic mass is 10.00. The lowest BCUT2D eigenvalue weighted by Crippen LogP contribution is -2.61. The molecule has 0 radical (unpaired) electrons. The van der Waals surface area contributed by atoms with Gasteiger partial charge >= 0.3 is 17.9 Å². The maximum Gasteiger partial charge on any atom is 0.326 e. The lowest BCUT2D eigenvalue weighted by Gasteiger charge is -2.30. The van der Waals surface area contributed by atoms with Crippen molar-refractivity contribution in [2.24, 2.45) is 17.2 Å². The van der Waals surface area contributed by atoms with E-state index in [0.717, 1.165) is 9.80 Å². The third kappa shape index (κ3) is 26.7. The highest BCUT2D eigenvalue weighted by atomic mass is 16.4. The molecule has 23 N–H and O–H groups in total. The second-order valence-electron chi connectivity index (χ2n) is 28.5. The molecule has 0 aliphatic carbocycles. The Kier molecular flexibility index (Phi) is 33.7. The molecule has 0 saturated carbocycles. The van der Waals surface area contributed by atoms with Crippen LogP contribution in [0.25, 0.3) is 10.9 Å². The molecular weight excluding hydrogens is 1500 g/mol. The minimum atomic E-state index is -1.91. The number of H-pyrrole nitrogens is 1. The van der Waals surface area contributed by atoms with Crippen molar-refractivity contribution in [3.05, 3.63) is 174 Å². The largest absolute Gasteiger partial charge is 0.508 e. The summed E-state index contributed by atoms with van der Waals surface area (Å²) in [5.74, 6) is -15.4. The first-order valence-corrected chi connectivity index (χ1v) is 38.2. The normalized spacial score (nSPS) is 16.3. The number of hydrogen-bond donors (Lipinski definition) is 20. The predicted molar refractivity (Wildman–Crippen MR) is 420 cm³/mol. The molecule has 0 spiro atoms. The zero-order valence-electron chi connectivity index (χ0n) is 63.7. The number of aromatic amines is 1. The number of aromatic hydroxyl groups is 1. The Hall–Kier alpha value is -12.8. The second kappa shape index (κ2) is 44.0. The number of phenols is 1. The van der Waals surface area contributed by atoms with E-state index in [0.29, 0.717) is 45.1 Å². The van der Waals surface area contributed by atoms with Crippen molar-refractivity contribution >= 4 is 99.7 Å². The summed E-state index contributed by atoms with van der Waals surface area (Å²) in [5.41, 5.74) is 20.9. The molecule has 116 heavy (non-hydrogen) atoms. The van der Waals surface area contributed by atoms with Crippen molar-refractivity contribution in [3.63, 3.8) is 0 Å². The van der Waals surface area contributed by atoms with E-state index in [-0.39, 0.29) is 115 Å². The van der Waals surface area contributed by atoms with E-state index in [4.69, 9.17) is 22.6 Å². The Morgan fingerprint density at radius 2 is 0.853 bits per heavy atom. The number of nitrogens with zero attached hydrogens (tertiary/aromatic N) is 2. The molecule has 2 fully saturated rings. The highest BCUT2D eigenvalue weighted by molar-refractivity contribution is 6.01. The number of carbonyl (C=O) groups excluding carboxylic acids is 11. The fraction of sp³-hybridized carbons (Fsp3) is 0.412. The number of aliphatic hydroxyl groups excluding tert-OH is 1. The standard InChI is InChI=1S/C80H101N17O19/c81-33-13-12-25-55(69(105)89-58(40-49-29-31-51(99)32-30-49)73(109)95-63(45-98)78(114)97-36-16-27-64(97)75(111)88-56(26-14-34-85-80(83)84)70(106)94-62(79(115)116)43-67(102)103)87-74(110)60(41-50-44-86-54-24-11-10-23-52(50)54)91-71(107)57(38-47-19-6-2-7-20-47)90-72(108)59(39-48-21-8-3-9-22-48)92-76(112)65-28-15-35-96(65)77(113)61(42-66(100)101)93-68(104)53(82)37-46-17-4-1-5-18-46/h1-11,17-24,29-32,44,53,55-65,86,98-99H,12-16,25-28,33-43,45,81-82H2,(H,87,110)(H,88,111)(H,89,105)(H,90,108)(H,91,107)(H,92,112)(H,93,104)(H,94,106)(H,95,109)(H,100,101)(H,102,103)(H,115,116)(H4,83,84,85)/t53-,55-,56-,57-,58-,59-,60-,61-,62-,63-,64-,65-/m0/s1. The number of carbonyl (C=O) groups is 14. The molecule has 8 rings (SSSR count). The average Bonchev–Trinajstić information content (AvgIpc) is 1.60. The van der Waals surface area contributed by atoms with Crippen LogP contribution in [0.4, 0.5) is 0 Å². The van der Waals surface area contributed by atoms with Crippen LogP contribution in [-0.2, 0) is 99.2 Å². The average molecular weight is 1600 g/mol. The molecule has 2 saturated heterocycles. The first-order chi connectivity index (χ1) is 55.6. The molecule has 1 aromatic heterocycles. The molecule has 36 heteroatoms. The van der Waals surface area contributed by atoms with E-state index >= 15 is 19.2 Å². The van der Waals surface area contributed by atoms with Crippen molar-refractivity contribution in [1.82, 2.24) is 68.0 Å². The van der Waals surface area contributed by atoms with Gasteiger partial charge in [0.2, 0.25) is 65.0 Å². The van der Waals surface area contributed by atoms with Crippen LogP contribution in [0, 0.1) is 5.41 Å². The van der Waals surface area contributed by atoms with E-state index in [9.17, 15) is 73.5 Å². The Balaban J connectivity index is 1.04. The number of aromatic nitrogens is 1. The minimum Gasteiger partial charge on any atom is -0.508 e. The number of carboxylic acid groups (broad SMARTS) is 3. The van der Waals surface area contributed by atoms with Crippen LogP contribution in [0.3, 0.4) is 0 Å². The van der Waals surface area contributed by atoms with Gasteiger partial charge in [-0.25, -0.2) is 4.79 Å². The van der Waals surface area contributed by atoms with Gasteiger partial charge in [-0.05, 0) is 117 Å². The van der Waals surface area contributed by atoms with Gasteiger partial charge in [-0.15, -0.1) is 0 Å². The summed E-state index contributed by atoms with van der Waals surface area (Å²) < 4.78 is 0. The Bertz CT molecular complexity index is 4420. The maximum atomic E-state index is 15.4. The molecule has 5 aromatic carbocycles. The molecule has 2 aliphatic rings. The topological polar surface area (TPSA) is 585 Å². The summed E-state index contributed by atoms with van der Waals surface area (Å²) in [4.78, 5) is 202. The number of nitrogens with one attached hydrogen (secondary N) is 12. The summed E-state index contributed by atoms with van der Waals surface area (Å²) in [7, 11) is 0. The zero-order chi connectivity index (χ0) is 84.0. The third-order valence-electron chi connectivity index (χ3n) is 19.9. The van der Waals surface area contributed by atoms with Crippen molar-refractivity contribution < 1.29 is 92.7 Å². The number of aliphatic carboxylic acids is 3. The number of phenolic OH excluding ortho intramolecular Hbond substituents is 1. The second-order valence-corrected chi connectivity index (χ2v) is 28.5. The van der Waals surface area contributed by atoms with E-state index in [1.165, 1.54) is 24.3 Å². The van der Waals surface area contributed by atoms with Crippen LogP contribution in [0.15, 0.2) is 146 Å². The number of rotatable bonds is 44. The molecule has 3 heterocycles. The Morgan fingerprint density at radius 3 is 1.34 bits per heavy atom. The molecular formula is C80H101N17O19. The smallest absolute Gasteiger partial charge is 0.326 e. The number of likely N-dealkylation sites (tertiary alicyclic amines) is 2. The summed E-state index contributed by atoms with van der Waals surface area (Å²) in [6.45, 7) is -1.03. The number of aliphatic hydroxyl groups is 1. The van der Waals surface area contributed by atoms with Gasteiger partial charge in [-0.2, -0.15) is 0 Å². The molecule has 12 atom stereocenters. The number of carboxylic acids is 3. The van der Waals surface area contributed by atoms with Crippen molar-refractivity contribution in [2.45, 2.75) is 175 Å². The molecule has 6 aromatic rings. The van der Waals surface area contributed by atoms with Crippen molar-refractivity contribution in [3.8, 4) is 5.75 Å². The zero-order valence-corrected chi connectivity index (χ0v) is 63.7. The van der Waals surface area contributed by atoms with Crippen LogP contribution >= 0.6 is 0 Å². The quantitative estimate of drug-likeness (QED) is 0.0117. The fourth-order valence-electron chi connectivity index (χ4n) is 13.8. The van der Waals surface area contributed by atoms with Crippen LogP contribution in [0.5, 0.6) is 5.75 Å². The molecule has 0 bridgehead atoms. The van der Waals surface area contributed by atoms with Gasteiger partial charge in [0.05, 0.1) is 25.5 Å². The number of fused-ring (bicyclic) bond motifs is 1. The predicted octanol–water partition coefficient (Wildman–Crippen LogP) is -1.52. The Morgan fingerprint density at radius 1 is 0.457 bits per heavy atom. The van der Waals surface area contributed by atoms with Gasteiger partial charge in [-0.1, -0.05) is 121 Å². The van der Waals surface area contributed by atoms with E-state index < -0.39 is 181 Å². The van der Waals surface area contributed by atoms with Gasteiger partial charge in [0, 0.05) is 62.4 Å². The first-order valence-electron chi connectivity index (χ1n) is 38.2. The highest BCUT2D eigenvalue weighted by Crippen LogP contribution is 2.24. The van der Waals surface area contributed by atoms with Gasteiger partial charge < -0.3 is 111 Å². The number of amides is 11. The maximum absolute atomic E-state index is 15.4. The van der Waals surface area contributed by atoms with Gasteiger partial charge in [0.1, 0.15) is 72.2 Å². The van der Waals surface area contributed by atoms with Gasteiger partial charge in [0.25, 0.3) is 0 Å². The number of para-hydroxylation sites is 1. The van der Waals surface area contributed by atoms with Crippen LogP contribution in [0.2, 0.25) is 0 Å². The number of unbranched alkanes of at least 4 members (excludes halogenated alkanes) is 1. The molecule has 620 valence electrons. The summed E-state index contributed by atoms with van der Waals surface area (Å²) in [6.07, 6.45) is -0.282. The monoisotopic (exact) mass is 1600 g/mol. The van der Waals surface area contributed by atoms with Crippen LogP contribution in [0.1, 0.15) is 98.4 Å². The van der Waals surface area contributed by atoms with E-state index in [1.807, 2.05) is 0 Å². The van der Waals surface area contributed by atoms with Gasteiger partial charge in [0.15, 0.2) is 5.96 Å². The summed E-state index contributed by atoms with van der Waals surface area (Å²) >= 11 is 0. The van der Waals surface area contributed by atoms with Crippen LogP contribution in [-0.4, -0.2) is 234 Å². The van der Waals surface area contributed by atoms with Crippen molar-refractivity contribution in [1.29, 1.82) is 5.41 Å². The fourth-order valence-corrected chi connectivity index (χ4v) is 13.8. The Labute approximate surface area is 667 Å². The summed E-state index contributed by atoms with van der Waals surface area (Å²) in [6, 6.07) is 20.1. The van der Waals surface area contributed by atoms with E-state index in [1.54, 1.807) is 121 Å². The number of benzene rings is 5. The SMILES string of the molecule is N=C(N)NCCC[C@H](NC(=O)[C@@H]1CCCN1C(=O)[C@H](CO)NC(=O)[C@H](Cc1ccc(O)cc1)NC(=O)[C@H](CCCCN)NC(=O)[C@H](Cc1c[nH]c2ccccc12)NC(=O)[C@H](Cc1ccccc1)NC(=O)[C@H](Cc1ccccc1)NC(=O)[C@@H]1CCCN1C(=O)[C@H](CC(=O)O)NC(=O)[C@@H](N)Cc1ccccc1)C(=O)N[C@@H](CC(=O)O)C(=O)O. The minimum absolute atomic E-state index is 0.00117. The highest BCUT2D eigenvalue weighted by Gasteiger charge is 2.43. The molecule has 36 nitrogen and oxygen atoms in total. The molecule has 0 unspecified atom stereocenters. The third-order valence-corrected chi connectivity index (χ3v) is 19.9. The first kappa shape index (κ1) is 88.7. The van der Waals surface area contributed by atoms with Gasteiger partial charge in [-0.3, -0.25) is 67.7 Å². The lowest BCUT2D eigenvalue weighted by molar-refractivity contribution is -0.147.